The smallest absolute Gasteiger partial charge is 0.294 e. The van der Waals surface area contributed by atoms with Crippen molar-refractivity contribution in [3.05, 3.63) is 101 Å². The Morgan fingerprint density at radius 1 is 0.886 bits per heavy atom. The normalized spacial score (nSPS) is 15.6. The van der Waals surface area contributed by atoms with Crippen LogP contribution in [0.1, 0.15) is 17.2 Å². The van der Waals surface area contributed by atoms with Gasteiger partial charge in [0.25, 0.3) is 5.91 Å². The molecule has 1 amide bonds. The number of ketones is 1. The molecule has 4 rings (SSSR count). The van der Waals surface area contributed by atoms with Crippen LogP contribution in [0.2, 0.25) is 0 Å². The number of anilines is 1. The van der Waals surface area contributed by atoms with Gasteiger partial charge in [0.15, 0.2) is 23.0 Å². The summed E-state index contributed by atoms with van der Waals surface area (Å²) in [4.78, 5) is 28.0. The van der Waals surface area contributed by atoms with Crippen molar-refractivity contribution in [3.63, 3.8) is 0 Å². The van der Waals surface area contributed by atoms with Crippen molar-refractivity contribution in [3.8, 4) is 17.2 Å². The maximum absolute atomic E-state index is 13.4. The number of carbonyl (C=O) groups excluding carboxylic acids is 2. The molecule has 0 fully saturated rings. The van der Waals surface area contributed by atoms with Gasteiger partial charge in [-0.05, 0) is 53.6 Å². The lowest BCUT2D eigenvalue weighted by Crippen LogP contribution is -2.30. The van der Waals surface area contributed by atoms with Crippen molar-refractivity contribution >= 4 is 23.5 Å². The maximum atomic E-state index is 13.4. The molecule has 0 saturated heterocycles. The van der Waals surface area contributed by atoms with Gasteiger partial charge in [-0.15, -0.1) is 0 Å². The van der Waals surface area contributed by atoms with E-state index in [4.69, 9.17) is 14.2 Å². The van der Waals surface area contributed by atoms with Gasteiger partial charge in [-0.1, -0.05) is 42.5 Å². The average Bonchev–Trinajstić information content (AvgIpc) is 3.17. The summed E-state index contributed by atoms with van der Waals surface area (Å²) in [5.74, 6) is -0.195. The summed E-state index contributed by atoms with van der Waals surface area (Å²) in [6.45, 7) is 0. The van der Waals surface area contributed by atoms with Gasteiger partial charge < -0.3 is 19.3 Å². The number of aliphatic hydroxyl groups is 1. The number of amides is 1. The molecule has 0 aliphatic carbocycles. The third-order valence-electron chi connectivity index (χ3n) is 5.77. The minimum Gasteiger partial charge on any atom is -0.503 e. The minimum absolute atomic E-state index is 0.0229. The number of ether oxygens (including phenoxy) is 3. The van der Waals surface area contributed by atoms with E-state index < -0.39 is 23.5 Å². The molecular weight excluding hydrogens is 446 g/mol. The second-order valence-corrected chi connectivity index (χ2v) is 7.76. The summed E-state index contributed by atoms with van der Waals surface area (Å²) >= 11 is 0. The van der Waals surface area contributed by atoms with Crippen LogP contribution < -0.4 is 19.1 Å². The van der Waals surface area contributed by atoms with Gasteiger partial charge in [0.2, 0.25) is 0 Å². The van der Waals surface area contributed by atoms with Crippen LogP contribution >= 0.6 is 0 Å². The van der Waals surface area contributed by atoms with Gasteiger partial charge in [0.05, 0.1) is 32.9 Å². The van der Waals surface area contributed by atoms with Crippen LogP contribution in [0.15, 0.2) is 90.2 Å². The number of aliphatic hydroxyl groups excluding tert-OH is 1. The fraction of sp³-hybridized carbons (Fsp3) is 0.143. The Labute approximate surface area is 203 Å². The maximum Gasteiger partial charge on any atom is 0.294 e. The Hall–Kier alpha value is -4.52. The number of methoxy groups -OCH3 is 3. The second kappa shape index (κ2) is 10.2. The molecule has 1 N–H and O–H groups in total. The molecule has 1 atom stereocenters. The topological polar surface area (TPSA) is 85.3 Å². The van der Waals surface area contributed by atoms with Crippen molar-refractivity contribution < 1.29 is 28.9 Å². The molecule has 35 heavy (non-hydrogen) atoms. The Bertz CT molecular complexity index is 1290. The first-order valence-electron chi connectivity index (χ1n) is 10.9. The standard InChI is InChI=1S/C28H25NO6/c1-33-21-13-11-20(12-14-21)29-26(19-10-16-23(34-2)24(17-19)35-3)25(27(31)28(29)32)22(30)15-9-18-7-5-4-6-8-18/h4-17,26,31H,1-3H3/t26-/m1/s1. The lowest BCUT2D eigenvalue weighted by Gasteiger charge is -2.27. The molecule has 7 heteroatoms. The second-order valence-electron chi connectivity index (χ2n) is 7.76. The van der Waals surface area contributed by atoms with E-state index in [0.717, 1.165) is 5.56 Å². The largest absolute Gasteiger partial charge is 0.503 e. The Balaban J connectivity index is 1.82. The lowest BCUT2D eigenvalue weighted by molar-refractivity contribution is -0.117. The van der Waals surface area contributed by atoms with E-state index in [2.05, 4.69) is 0 Å². The van der Waals surface area contributed by atoms with Crippen LogP contribution in [0.5, 0.6) is 17.2 Å². The van der Waals surface area contributed by atoms with E-state index in [1.165, 1.54) is 25.2 Å². The number of allylic oxidation sites excluding steroid dienone is 1. The van der Waals surface area contributed by atoms with Crippen LogP contribution in [-0.4, -0.2) is 38.1 Å². The molecule has 178 valence electrons. The summed E-state index contributed by atoms with van der Waals surface area (Å²) in [6.07, 6.45) is 3.01. The third-order valence-corrected chi connectivity index (χ3v) is 5.77. The molecule has 0 radical (unpaired) electrons. The fourth-order valence-electron chi connectivity index (χ4n) is 4.03. The number of nitrogens with zero attached hydrogens (tertiary/aromatic N) is 1. The molecule has 3 aromatic carbocycles. The number of benzene rings is 3. The lowest BCUT2D eigenvalue weighted by atomic mass is 9.95. The van der Waals surface area contributed by atoms with Crippen LogP contribution in [0, 0.1) is 0 Å². The van der Waals surface area contributed by atoms with E-state index in [1.807, 2.05) is 30.3 Å². The summed E-state index contributed by atoms with van der Waals surface area (Å²) in [5.41, 5.74) is 1.87. The molecule has 1 heterocycles. The molecule has 0 aromatic heterocycles. The first-order valence-corrected chi connectivity index (χ1v) is 10.9. The quantitative estimate of drug-likeness (QED) is 0.471. The summed E-state index contributed by atoms with van der Waals surface area (Å²) < 4.78 is 16.0. The molecule has 1 aliphatic heterocycles. The Morgan fingerprint density at radius 3 is 2.20 bits per heavy atom. The summed E-state index contributed by atoms with van der Waals surface area (Å²) in [5, 5.41) is 10.9. The fourth-order valence-corrected chi connectivity index (χ4v) is 4.03. The Kier molecular flexibility index (Phi) is 6.87. The SMILES string of the molecule is COc1ccc(N2C(=O)C(O)=C(C(=O)C=Cc3ccccc3)[C@H]2c2ccc(OC)c(OC)c2)cc1. The van der Waals surface area contributed by atoms with Crippen molar-refractivity contribution in [2.45, 2.75) is 6.04 Å². The molecule has 0 bridgehead atoms. The third kappa shape index (κ3) is 4.61. The van der Waals surface area contributed by atoms with Gasteiger partial charge in [-0.25, -0.2) is 0 Å². The molecule has 3 aromatic rings. The van der Waals surface area contributed by atoms with Gasteiger partial charge in [-0.3, -0.25) is 14.5 Å². The highest BCUT2D eigenvalue weighted by molar-refractivity contribution is 6.19. The predicted molar refractivity (Wildman–Crippen MR) is 133 cm³/mol. The van der Waals surface area contributed by atoms with Gasteiger partial charge in [0.1, 0.15) is 5.75 Å². The first-order chi connectivity index (χ1) is 17.0. The first kappa shape index (κ1) is 23.6. The van der Waals surface area contributed by atoms with E-state index in [0.29, 0.717) is 28.5 Å². The van der Waals surface area contributed by atoms with Gasteiger partial charge >= 0.3 is 0 Å². The highest BCUT2D eigenvalue weighted by Gasteiger charge is 2.44. The van der Waals surface area contributed by atoms with Crippen LogP contribution in [0.25, 0.3) is 6.08 Å². The zero-order chi connectivity index (χ0) is 24.9. The van der Waals surface area contributed by atoms with E-state index in [-0.39, 0.29) is 5.57 Å². The predicted octanol–water partition coefficient (Wildman–Crippen LogP) is 4.89. The zero-order valence-corrected chi connectivity index (χ0v) is 19.6. The monoisotopic (exact) mass is 471 g/mol. The molecule has 0 spiro atoms. The number of carbonyl (C=O) groups is 2. The molecular formula is C28H25NO6. The van der Waals surface area contributed by atoms with Crippen molar-refractivity contribution in [2.75, 3.05) is 26.2 Å². The van der Waals surface area contributed by atoms with E-state index in [1.54, 1.807) is 55.7 Å². The Morgan fingerprint density at radius 2 is 1.57 bits per heavy atom. The molecule has 1 aliphatic rings. The van der Waals surface area contributed by atoms with Crippen molar-refractivity contribution in [1.29, 1.82) is 0 Å². The van der Waals surface area contributed by atoms with Crippen LogP contribution in [-0.2, 0) is 9.59 Å². The average molecular weight is 472 g/mol. The highest BCUT2D eigenvalue weighted by atomic mass is 16.5. The van der Waals surface area contributed by atoms with Gasteiger partial charge in [0, 0.05) is 5.69 Å². The van der Waals surface area contributed by atoms with Crippen LogP contribution in [0.4, 0.5) is 5.69 Å². The molecule has 0 unspecified atom stereocenters. The van der Waals surface area contributed by atoms with Crippen molar-refractivity contribution in [2.24, 2.45) is 0 Å². The van der Waals surface area contributed by atoms with E-state index in [9.17, 15) is 14.7 Å². The summed E-state index contributed by atoms with van der Waals surface area (Å²) in [6, 6.07) is 20.4. The van der Waals surface area contributed by atoms with Crippen LogP contribution in [0.3, 0.4) is 0 Å². The van der Waals surface area contributed by atoms with Gasteiger partial charge in [-0.2, -0.15) is 0 Å². The summed E-state index contributed by atoms with van der Waals surface area (Å²) in [7, 11) is 4.58. The zero-order valence-electron chi connectivity index (χ0n) is 19.6. The molecule has 0 saturated carbocycles. The molecule has 7 nitrogen and oxygen atoms in total. The van der Waals surface area contributed by atoms with Crippen molar-refractivity contribution in [1.82, 2.24) is 0 Å². The number of hydrogen-bond donors (Lipinski definition) is 1. The number of hydrogen-bond acceptors (Lipinski definition) is 6. The highest BCUT2D eigenvalue weighted by Crippen LogP contribution is 2.43. The number of rotatable bonds is 8. The van der Waals surface area contributed by atoms with E-state index >= 15 is 0 Å². The minimum atomic E-state index is -0.886.